The van der Waals surface area contributed by atoms with E-state index in [9.17, 15) is 38.4 Å². The number of ether oxygens (including phenoxy) is 4. The molecule has 454 valence electrons. The lowest BCUT2D eigenvalue weighted by molar-refractivity contribution is -0.146. The molecule has 0 aliphatic carbocycles. The van der Waals surface area contributed by atoms with Gasteiger partial charge in [-0.2, -0.15) is 0 Å². The molecular formula is C66H79N5O12P2S+2. The molecule has 86 heavy (non-hydrogen) atoms. The largest absolute Gasteiger partial charge is 0.465 e. The van der Waals surface area contributed by atoms with Crippen molar-refractivity contribution in [2.24, 2.45) is 11.5 Å². The number of esters is 4. The maximum Gasteiger partial charge on any atom is 0.325 e. The first-order chi connectivity index (χ1) is 41.7. The minimum Gasteiger partial charge on any atom is -0.465 e. The number of hydrogen-bond acceptors (Lipinski definition) is 15. The maximum absolute atomic E-state index is 14.2. The third kappa shape index (κ3) is 20.0. The van der Waals surface area contributed by atoms with E-state index < -0.39 is 92.0 Å². The first-order valence-corrected chi connectivity index (χ1v) is 34.0. The van der Waals surface area contributed by atoms with Crippen molar-refractivity contribution in [1.29, 1.82) is 0 Å². The van der Waals surface area contributed by atoms with Crippen LogP contribution in [0.25, 0.3) is 0 Å². The van der Waals surface area contributed by atoms with Gasteiger partial charge >= 0.3 is 23.9 Å². The fraction of sp³-hybridized carbons (Fsp3) is 0.333. The number of Topliss-reactive ketones (excluding diaryl/α,β-unsaturated/α-hetero) is 1. The van der Waals surface area contributed by atoms with Gasteiger partial charge in [-0.05, 0) is 98.5 Å². The monoisotopic (exact) mass is 1230 g/mol. The van der Waals surface area contributed by atoms with E-state index in [1.165, 1.54) is 0 Å². The van der Waals surface area contributed by atoms with E-state index in [0.29, 0.717) is 25.2 Å². The lowest BCUT2D eigenvalue weighted by atomic mass is 10.1. The Labute approximate surface area is 509 Å². The van der Waals surface area contributed by atoms with Crippen molar-refractivity contribution in [2.75, 3.05) is 51.0 Å². The Morgan fingerprint density at radius 2 is 0.791 bits per heavy atom. The summed E-state index contributed by atoms with van der Waals surface area (Å²) in [5.74, 6) is -5.89. The number of amides is 3. The van der Waals surface area contributed by atoms with E-state index in [1.54, 1.807) is 6.92 Å². The Morgan fingerprint density at radius 3 is 1.19 bits per heavy atom. The van der Waals surface area contributed by atoms with E-state index in [4.69, 9.17) is 30.4 Å². The molecule has 0 saturated carbocycles. The Morgan fingerprint density at radius 1 is 0.442 bits per heavy atom. The lowest BCUT2D eigenvalue weighted by Crippen LogP contribution is -2.49. The zero-order valence-corrected chi connectivity index (χ0v) is 51.4. The zero-order valence-electron chi connectivity index (χ0n) is 48.8. The van der Waals surface area contributed by atoms with Crippen molar-refractivity contribution < 1.29 is 57.3 Å². The van der Waals surface area contributed by atoms with E-state index in [1.807, 2.05) is 116 Å². The minimum absolute atomic E-state index is 0.0285. The number of carbonyl (C=O) groups is 8. The molecule has 0 bridgehead atoms. The quantitative estimate of drug-likeness (QED) is 0.0145. The van der Waals surface area contributed by atoms with Crippen LogP contribution in [0.3, 0.4) is 0 Å². The second-order valence-electron chi connectivity index (χ2n) is 20.2. The van der Waals surface area contributed by atoms with Gasteiger partial charge in [0.2, 0.25) is 11.8 Å². The summed E-state index contributed by atoms with van der Waals surface area (Å²) in [7, 11) is -4.70. The summed E-state index contributed by atoms with van der Waals surface area (Å²) < 4.78 is 22.0. The molecule has 4 atom stereocenters. The third-order valence-electron chi connectivity index (χ3n) is 14.1. The lowest BCUT2D eigenvalue weighted by Gasteiger charge is -2.27. The van der Waals surface area contributed by atoms with Gasteiger partial charge in [0.1, 0.15) is 90.5 Å². The van der Waals surface area contributed by atoms with Crippen molar-refractivity contribution >= 4 is 105 Å². The standard InChI is InChI=1S/C66H77N5O12P2S/c1-3-41-80-62(76)47-69-63(77)64(71-60(74)39-36-56(68)66(79)83-44-46-85(52-29-17-8-18-30-52,53-31-19-9-20-32-53)54-33-21-10-22-34-54)86-48-57(70-59(73)38-35-55(67)65(78)82-42-4-2)58(72)37-40-61(75)81-43-45-84(49-23-11-5-12-24-49,50-25-13-6-14-26-50)51-27-15-7-16-28-51/h5-34,55-57,64H,3-4,35-48,67-68H2,1-2H3,(H-2,69,70,71,73,74,77)/p+2/t55-,56-,57-,64-/m0/s1. The normalized spacial score (nSPS) is 12.7. The molecule has 0 saturated heterocycles. The molecule has 6 aromatic rings. The SMILES string of the molecule is CCCOC(=O)CNC(=O)[C@@H](NC(=O)CC[C@H](N)C(=O)OCC[P+](c1ccccc1)(c1ccccc1)c1ccccc1)SC[C@H](NC(=O)CC[C@H](N)C(=O)OCCC)C(=O)CCC(=O)OCC[P+](c1ccccc1)(c1ccccc1)c1ccccc1. The fourth-order valence-electron chi connectivity index (χ4n) is 9.63. The maximum atomic E-state index is 14.2. The zero-order chi connectivity index (χ0) is 61.6. The van der Waals surface area contributed by atoms with Crippen molar-refractivity contribution in [3.8, 4) is 0 Å². The summed E-state index contributed by atoms with van der Waals surface area (Å²) in [5.41, 5.74) is 12.4. The van der Waals surface area contributed by atoms with Crippen LogP contribution in [-0.2, 0) is 57.3 Å². The average Bonchev–Trinajstić information content (AvgIpc) is 2.20. The highest BCUT2D eigenvalue weighted by molar-refractivity contribution is 8.00. The van der Waals surface area contributed by atoms with Gasteiger partial charge < -0.3 is 46.4 Å². The second-order valence-corrected chi connectivity index (χ2v) is 28.6. The van der Waals surface area contributed by atoms with E-state index >= 15 is 0 Å². The molecule has 0 heterocycles. The summed E-state index contributed by atoms with van der Waals surface area (Å²) >= 11 is 0.774. The highest BCUT2D eigenvalue weighted by Gasteiger charge is 2.47. The highest BCUT2D eigenvalue weighted by atomic mass is 32.2. The third-order valence-corrected chi connectivity index (χ3v) is 24.1. The van der Waals surface area contributed by atoms with Crippen LogP contribution in [0.2, 0.25) is 0 Å². The van der Waals surface area contributed by atoms with Crippen molar-refractivity contribution in [2.45, 2.75) is 88.7 Å². The number of nitrogens with one attached hydrogen (secondary N) is 3. The predicted molar refractivity (Wildman–Crippen MR) is 342 cm³/mol. The van der Waals surface area contributed by atoms with Crippen LogP contribution in [-0.4, -0.2) is 122 Å². The molecule has 0 fully saturated rings. The van der Waals surface area contributed by atoms with Crippen LogP contribution in [0.15, 0.2) is 182 Å². The second kappa shape index (κ2) is 35.8. The summed E-state index contributed by atoms with van der Waals surface area (Å²) in [6, 6.07) is 56.9. The van der Waals surface area contributed by atoms with E-state index in [2.05, 4.69) is 88.7 Å². The minimum atomic E-state index is -2.36. The predicted octanol–water partition coefficient (Wildman–Crippen LogP) is 5.31. The number of ketones is 1. The molecule has 17 nitrogen and oxygen atoms in total. The molecule has 0 spiro atoms. The van der Waals surface area contributed by atoms with Crippen LogP contribution in [0.4, 0.5) is 0 Å². The van der Waals surface area contributed by atoms with Gasteiger partial charge in [0, 0.05) is 25.0 Å². The van der Waals surface area contributed by atoms with Crippen LogP contribution in [0.5, 0.6) is 0 Å². The number of benzene rings is 6. The van der Waals surface area contributed by atoms with Crippen LogP contribution in [0, 0.1) is 0 Å². The molecular weight excluding hydrogens is 1150 g/mol. The molecule has 20 heteroatoms. The Balaban J connectivity index is 1.13. The van der Waals surface area contributed by atoms with Gasteiger partial charge in [-0.15, -0.1) is 11.8 Å². The summed E-state index contributed by atoms with van der Waals surface area (Å²) in [5, 5.41) is 12.9. The Bertz CT molecular complexity index is 2910. The summed E-state index contributed by atoms with van der Waals surface area (Å²) in [6.07, 6.45) is 0.416. The van der Waals surface area contributed by atoms with Crippen LogP contribution < -0.4 is 59.2 Å². The molecule has 0 aliphatic rings. The van der Waals surface area contributed by atoms with Gasteiger partial charge in [-0.25, -0.2) is 0 Å². The van der Waals surface area contributed by atoms with Gasteiger partial charge in [0.15, 0.2) is 11.2 Å². The molecule has 0 radical (unpaired) electrons. The number of rotatable bonds is 36. The average molecular weight is 1230 g/mol. The van der Waals surface area contributed by atoms with Gasteiger partial charge in [0.05, 0.1) is 25.7 Å². The Kier molecular flexibility index (Phi) is 28.1. The van der Waals surface area contributed by atoms with Crippen molar-refractivity contribution in [1.82, 2.24) is 16.0 Å². The smallest absolute Gasteiger partial charge is 0.325 e. The van der Waals surface area contributed by atoms with Crippen molar-refractivity contribution in [3.63, 3.8) is 0 Å². The molecule has 0 aliphatic heterocycles. The highest BCUT2D eigenvalue weighted by Crippen LogP contribution is 2.56. The van der Waals surface area contributed by atoms with Gasteiger partial charge in [-0.1, -0.05) is 123 Å². The first-order valence-electron chi connectivity index (χ1n) is 29.0. The van der Waals surface area contributed by atoms with E-state index in [0.717, 1.165) is 43.6 Å². The molecule has 6 aromatic carbocycles. The number of carbonyl (C=O) groups excluding carboxylic acids is 8. The van der Waals surface area contributed by atoms with Crippen LogP contribution >= 0.6 is 26.3 Å². The van der Waals surface area contributed by atoms with Crippen LogP contribution in [0.1, 0.15) is 65.2 Å². The number of thioether (sulfide) groups is 1. The summed E-state index contributed by atoms with van der Waals surface area (Å²) in [4.78, 5) is 107. The fourth-order valence-corrected chi connectivity index (χ4v) is 18.9. The van der Waals surface area contributed by atoms with Gasteiger partial charge in [0.25, 0.3) is 5.91 Å². The summed E-state index contributed by atoms with van der Waals surface area (Å²) in [6.45, 7) is 3.41. The van der Waals surface area contributed by atoms with Crippen molar-refractivity contribution in [3.05, 3.63) is 182 Å². The molecule has 7 N–H and O–H groups in total. The van der Waals surface area contributed by atoms with Gasteiger partial charge in [-0.3, -0.25) is 38.4 Å². The topological polar surface area (TPSA) is 262 Å². The molecule has 3 amide bonds. The first kappa shape index (κ1) is 67.5. The number of hydrogen-bond donors (Lipinski definition) is 5. The number of nitrogens with two attached hydrogens (primary N) is 2. The molecule has 6 rings (SSSR count). The molecule has 0 aromatic heterocycles. The Hall–Kier alpha value is -7.59. The molecule has 0 unspecified atom stereocenters. The van der Waals surface area contributed by atoms with E-state index in [-0.39, 0.29) is 70.7 Å².